The highest BCUT2D eigenvalue weighted by molar-refractivity contribution is 7.47. The number of hydrogen-bond acceptors (Lipinski definition) is 10. The summed E-state index contributed by atoms with van der Waals surface area (Å²) in [5.74, 6) is -1.59. The SMILES string of the molecule is CC/C=C\C/C=C\C/C=C\C/C=C\C/C=C\C/C=C\CCC(=O)OCC(COP(=O)(O)OCC(CO)OC(=O)CCCCCCCCCCC)OC(=O)CCCCCCCCC/C=C\C/C=C\C/C=C\CC. The molecule has 2 N–H and O–H groups in total. The van der Waals surface area contributed by atoms with Gasteiger partial charge in [-0.25, -0.2) is 4.57 Å². The highest BCUT2D eigenvalue weighted by atomic mass is 31.2. The zero-order valence-corrected chi connectivity index (χ0v) is 46.0. The third-order valence-corrected chi connectivity index (χ3v) is 12.2. The first-order valence-corrected chi connectivity index (χ1v) is 29.3. The van der Waals surface area contributed by atoms with Crippen LogP contribution in [0.15, 0.2) is 109 Å². The molecule has 0 fully saturated rings. The van der Waals surface area contributed by atoms with Gasteiger partial charge < -0.3 is 24.2 Å². The van der Waals surface area contributed by atoms with Crippen LogP contribution in [0.2, 0.25) is 0 Å². The lowest BCUT2D eigenvalue weighted by molar-refractivity contribution is -0.161. The van der Waals surface area contributed by atoms with Gasteiger partial charge in [0, 0.05) is 19.3 Å². The second-order valence-electron chi connectivity index (χ2n) is 18.0. The number of phosphoric ester groups is 1. The number of allylic oxidation sites excluding steroid dienone is 18. The number of unbranched alkanes of at least 4 members (excludes halogenated alkanes) is 15. The molecule has 0 saturated heterocycles. The Balaban J connectivity index is 4.86. The van der Waals surface area contributed by atoms with Crippen LogP contribution in [-0.4, -0.2) is 66.5 Å². The second kappa shape index (κ2) is 53.4. The van der Waals surface area contributed by atoms with Crippen LogP contribution >= 0.6 is 7.82 Å². The number of aliphatic hydroxyl groups excluding tert-OH is 1. The van der Waals surface area contributed by atoms with Gasteiger partial charge in [0.2, 0.25) is 0 Å². The van der Waals surface area contributed by atoms with Crippen molar-refractivity contribution in [3.05, 3.63) is 109 Å². The molecule has 0 heterocycles. The number of hydrogen-bond donors (Lipinski definition) is 2. The van der Waals surface area contributed by atoms with Gasteiger partial charge in [-0.05, 0) is 89.9 Å². The first kappa shape index (κ1) is 68.1. The van der Waals surface area contributed by atoms with Gasteiger partial charge in [-0.1, -0.05) is 214 Å². The Kier molecular flexibility index (Phi) is 50.6. The minimum atomic E-state index is -4.76. The van der Waals surface area contributed by atoms with Crippen LogP contribution in [-0.2, 0) is 42.2 Å². The van der Waals surface area contributed by atoms with Crippen molar-refractivity contribution in [2.24, 2.45) is 0 Å². The van der Waals surface area contributed by atoms with Gasteiger partial charge in [-0.2, -0.15) is 0 Å². The maximum absolute atomic E-state index is 12.9. The predicted molar refractivity (Wildman–Crippen MR) is 297 cm³/mol. The van der Waals surface area contributed by atoms with Crippen LogP contribution in [0.3, 0.4) is 0 Å². The van der Waals surface area contributed by atoms with E-state index in [2.05, 4.69) is 118 Å². The van der Waals surface area contributed by atoms with Gasteiger partial charge >= 0.3 is 25.7 Å². The number of rotatable bonds is 50. The third kappa shape index (κ3) is 51.1. The van der Waals surface area contributed by atoms with E-state index in [1.165, 1.54) is 32.1 Å². The molecule has 12 heteroatoms. The maximum Gasteiger partial charge on any atom is 0.472 e. The summed E-state index contributed by atoms with van der Waals surface area (Å²) >= 11 is 0. The first-order chi connectivity index (χ1) is 35.2. The number of carbonyl (C=O) groups is 3. The monoisotopic (exact) mass is 1030 g/mol. The lowest BCUT2D eigenvalue weighted by Crippen LogP contribution is -2.30. The van der Waals surface area contributed by atoms with E-state index in [9.17, 15) is 28.9 Å². The molecule has 0 radical (unpaired) electrons. The van der Waals surface area contributed by atoms with Gasteiger partial charge in [-0.15, -0.1) is 0 Å². The van der Waals surface area contributed by atoms with Gasteiger partial charge in [-0.3, -0.25) is 23.4 Å². The third-order valence-electron chi connectivity index (χ3n) is 11.2. The Morgan fingerprint density at radius 2 is 0.750 bits per heavy atom. The molecule has 0 rings (SSSR count). The van der Waals surface area contributed by atoms with E-state index >= 15 is 0 Å². The zero-order valence-electron chi connectivity index (χ0n) is 45.1. The van der Waals surface area contributed by atoms with E-state index in [1.54, 1.807) is 0 Å². The first-order valence-electron chi connectivity index (χ1n) is 27.8. The largest absolute Gasteiger partial charge is 0.472 e. The molecule has 3 atom stereocenters. The van der Waals surface area contributed by atoms with E-state index in [0.29, 0.717) is 19.3 Å². The molecular formula is C60H99O11P. The van der Waals surface area contributed by atoms with Crippen molar-refractivity contribution in [1.82, 2.24) is 0 Å². The average molecular weight is 1030 g/mol. The molecule has 0 aliphatic carbocycles. The van der Waals surface area contributed by atoms with E-state index < -0.39 is 57.8 Å². The summed E-state index contributed by atoms with van der Waals surface area (Å²) < 4.78 is 39.3. The van der Waals surface area contributed by atoms with Crippen LogP contribution in [0.25, 0.3) is 0 Å². The molecule has 0 aromatic carbocycles. The molecule has 3 unspecified atom stereocenters. The summed E-state index contributed by atoms with van der Waals surface area (Å²) in [6.07, 6.45) is 63.6. The quantitative estimate of drug-likeness (QED) is 0.0197. The number of aliphatic hydroxyl groups is 1. The normalized spacial score (nSPS) is 14.2. The Labute approximate surface area is 437 Å². The van der Waals surface area contributed by atoms with E-state index in [0.717, 1.165) is 122 Å². The Morgan fingerprint density at radius 3 is 1.17 bits per heavy atom. The number of esters is 3. The van der Waals surface area contributed by atoms with Crippen molar-refractivity contribution < 1.29 is 52.2 Å². The molecule has 0 spiro atoms. The standard InChI is InChI=1S/C60H99O11P/c1-4-7-10-13-16-19-21-23-25-27-28-30-31-33-35-38-40-43-46-49-58(62)67-53-57(71-60(64)51-48-45-42-39-36-34-32-29-26-24-22-20-17-14-11-8-5-2)55-69-72(65,66)68-54-56(52-61)70-59(63)50-47-44-41-37-18-15-12-9-6-3/h7-8,10-11,16-17,19-20,23-26,28,30,33,35,40,43,56-57,61H,4-6,9,12-15,18,21-22,27,29,31-32,34,36-39,41-42,44-55H2,1-3H3,(H,65,66)/b10-7-,11-8-,19-16-,20-17-,25-23-,26-24-,30-28-,35-33-,43-40-. The van der Waals surface area contributed by atoms with Gasteiger partial charge in [0.25, 0.3) is 0 Å². The van der Waals surface area contributed by atoms with Gasteiger partial charge in [0.1, 0.15) is 12.7 Å². The molecule has 0 aliphatic rings. The van der Waals surface area contributed by atoms with Crippen molar-refractivity contribution in [2.75, 3.05) is 26.4 Å². The molecule has 0 saturated carbocycles. The van der Waals surface area contributed by atoms with Crippen molar-refractivity contribution in [2.45, 2.75) is 226 Å². The lowest BCUT2D eigenvalue weighted by atomic mass is 10.1. The van der Waals surface area contributed by atoms with E-state index in [4.69, 9.17) is 23.3 Å². The van der Waals surface area contributed by atoms with Crippen LogP contribution in [0.4, 0.5) is 0 Å². The smallest absolute Gasteiger partial charge is 0.462 e. The predicted octanol–water partition coefficient (Wildman–Crippen LogP) is 16.2. The molecule has 72 heavy (non-hydrogen) atoms. The van der Waals surface area contributed by atoms with Crippen LogP contribution in [0.5, 0.6) is 0 Å². The highest BCUT2D eigenvalue weighted by Gasteiger charge is 2.28. The summed E-state index contributed by atoms with van der Waals surface area (Å²) in [6, 6.07) is 0. The minimum absolute atomic E-state index is 0.0947. The van der Waals surface area contributed by atoms with Crippen molar-refractivity contribution >= 4 is 25.7 Å². The van der Waals surface area contributed by atoms with Crippen molar-refractivity contribution in [3.8, 4) is 0 Å². The molecule has 0 aromatic heterocycles. The topological polar surface area (TPSA) is 155 Å². The van der Waals surface area contributed by atoms with Crippen LogP contribution in [0.1, 0.15) is 213 Å². The summed E-state index contributed by atoms with van der Waals surface area (Å²) in [5.41, 5.74) is 0. The maximum atomic E-state index is 12.9. The molecule has 410 valence electrons. The van der Waals surface area contributed by atoms with Crippen molar-refractivity contribution in [3.63, 3.8) is 0 Å². The minimum Gasteiger partial charge on any atom is -0.462 e. The molecule has 0 bridgehead atoms. The zero-order chi connectivity index (χ0) is 52.7. The Hall–Kier alpha value is -3.86. The lowest BCUT2D eigenvalue weighted by Gasteiger charge is -2.21. The average Bonchev–Trinajstić information content (AvgIpc) is 3.37. The summed E-state index contributed by atoms with van der Waals surface area (Å²) in [7, 11) is -4.76. The Bertz CT molecular complexity index is 1620. The van der Waals surface area contributed by atoms with Crippen molar-refractivity contribution in [1.29, 1.82) is 0 Å². The summed E-state index contributed by atoms with van der Waals surface area (Å²) in [4.78, 5) is 48.4. The molecular weight excluding hydrogens is 928 g/mol. The summed E-state index contributed by atoms with van der Waals surface area (Å²) in [6.45, 7) is 4.28. The second-order valence-corrected chi connectivity index (χ2v) is 19.4. The number of carbonyl (C=O) groups excluding carboxylic acids is 3. The van der Waals surface area contributed by atoms with Crippen LogP contribution in [0, 0.1) is 0 Å². The molecule has 11 nitrogen and oxygen atoms in total. The fraction of sp³-hybridized carbons (Fsp3) is 0.650. The van der Waals surface area contributed by atoms with Crippen LogP contribution < -0.4 is 0 Å². The Morgan fingerprint density at radius 1 is 0.403 bits per heavy atom. The summed E-state index contributed by atoms with van der Waals surface area (Å²) in [5, 5.41) is 9.76. The molecule has 0 amide bonds. The fourth-order valence-electron chi connectivity index (χ4n) is 7.04. The van der Waals surface area contributed by atoms with E-state index in [-0.39, 0.29) is 25.9 Å². The molecule has 0 aliphatic heterocycles. The molecule has 0 aromatic rings. The highest BCUT2D eigenvalue weighted by Crippen LogP contribution is 2.43. The van der Waals surface area contributed by atoms with Gasteiger partial charge in [0.15, 0.2) is 6.10 Å². The number of phosphoric acid groups is 1. The number of ether oxygens (including phenoxy) is 3. The van der Waals surface area contributed by atoms with Gasteiger partial charge in [0.05, 0.1) is 19.8 Å². The van der Waals surface area contributed by atoms with E-state index in [1.807, 2.05) is 12.2 Å². The fourth-order valence-corrected chi connectivity index (χ4v) is 7.83.